The smallest absolute Gasteiger partial charge is 0.225 e. The van der Waals surface area contributed by atoms with Gasteiger partial charge in [-0.3, -0.25) is 9.69 Å². The molecule has 3 heterocycles. The molecule has 2 fully saturated rings. The summed E-state index contributed by atoms with van der Waals surface area (Å²) in [5.74, 6) is 0.918. The van der Waals surface area contributed by atoms with E-state index >= 15 is 0 Å². The average Bonchev–Trinajstić information content (AvgIpc) is 3.23. The van der Waals surface area contributed by atoms with Gasteiger partial charge in [0.2, 0.25) is 11.9 Å². The van der Waals surface area contributed by atoms with Crippen molar-refractivity contribution >= 4 is 11.9 Å². The Bertz CT molecular complexity index is 769. The van der Waals surface area contributed by atoms with E-state index in [-0.39, 0.29) is 17.9 Å². The lowest BCUT2D eigenvalue weighted by atomic mass is 9.97. The maximum Gasteiger partial charge on any atom is 0.225 e. The van der Waals surface area contributed by atoms with Crippen LogP contribution < -0.4 is 10.2 Å². The summed E-state index contributed by atoms with van der Waals surface area (Å²) in [5, 5.41) is 3.31. The molecule has 0 saturated carbocycles. The number of carbonyl (C=O) groups is 1. The highest BCUT2D eigenvalue weighted by molar-refractivity contribution is 5.79. The molecule has 1 aromatic carbocycles. The number of piperidine rings is 1. The number of carbonyl (C=O) groups excluding carboxylic acids is 1. The van der Waals surface area contributed by atoms with E-state index in [1.165, 1.54) is 5.56 Å². The molecule has 1 amide bonds. The van der Waals surface area contributed by atoms with Crippen molar-refractivity contribution < 1.29 is 4.79 Å². The number of amides is 1. The van der Waals surface area contributed by atoms with Gasteiger partial charge in [-0.05, 0) is 37.8 Å². The number of anilines is 1. The van der Waals surface area contributed by atoms with Crippen LogP contribution in [0.2, 0.25) is 0 Å². The first kappa shape index (κ1) is 18.9. The van der Waals surface area contributed by atoms with Crippen molar-refractivity contribution in [2.45, 2.75) is 38.3 Å². The maximum absolute atomic E-state index is 12.9. The number of rotatable bonds is 5. The van der Waals surface area contributed by atoms with Crippen molar-refractivity contribution in [1.82, 2.24) is 20.2 Å². The molecule has 1 N–H and O–H groups in total. The van der Waals surface area contributed by atoms with Gasteiger partial charge in [0.25, 0.3) is 0 Å². The van der Waals surface area contributed by atoms with Gasteiger partial charge in [0.15, 0.2) is 0 Å². The lowest BCUT2D eigenvalue weighted by molar-refractivity contribution is -0.125. The van der Waals surface area contributed by atoms with Gasteiger partial charge in [-0.25, -0.2) is 9.97 Å². The third kappa shape index (κ3) is 4.33. The van der Waals surface area contributed by atoms with E-state index in [1.807, 2.05) is 6.07 Å². The van der Waals surface area contributed by atoms with Crippen molar-refractivity contribution in [2.75, 3.05) is 31.1 Å². The Morgan fingerprint density at radius 1 is 1.07 bits per heavy atom. The molecule has 1 aromatic heterocycles. The van der Waals surface area contributed by atoms with Crippen molar-refractivity contribution in [1.29, 1.82) is 0 Å². The molecule has 2 aromatic rings. The van der Waals surface area contributed by atoms with Gasteiger partial charge in [-0.2, -0.15) is 0 Å². The summed E-state index contributed by atoms with van der Waals surface area (Å²) in [5.41, 5.74) is 1.33. The fourth-order valence-electron chi connectivity index (χ4n) is 4.35. The molecule has 6 heteroatoms. The normalized spacial score (nSPS) is 24.1. The molecule has 2 saturated heterocycles. The lowest BCUT2D eigenvalue weighted by Gasteiger charge is -2.32. The van der Waals surface area contributed by atoms with Gasteiger partial charge >= 0.3 is 0 Å². The van der Waals surface area contributed by atoms with E-state index in [2.05, 4.69) is 62.3 Å². The zero-order valence-electron chi connectivity index (χ0n) is 16.5. The van der Waals surface area contributed by atoms with Gasteiger partial charge < -0.3 is 10.2 Å². The Hall–Kier alpha value is -2.47. The molecule has 3 atom stereocenters. The van der Waals surface area contributed by atoms with Crippen molar-refractivity contribution in [2.24, 2.45) is 5.92 Å². The van der Waals surface area contributed by atoms with Gasteiger partial charge in [-0.15, -0.1) is 0 Å². The maximum atomic E-state index is 12.9. The summed E-state index contributed by atoms with van der Waals surface area (Å²) in [7, 11) is 0. The molecule has 28 heavy (non-hydrogen) atoms. The Kier molecular flexibility index (Phi) is 5.86. The summed E-state index contributed by atoms with van der Waals surface area (Å²) >= 11 is 0. The lowest BCUT2D eigenvalue weighted by Crippen LogP contribution is -2.47. The highest BCUT2D eigenvalue weighted by Gasteiger charge is 2.32. The first-order valence-electron chi connectivity index (χ1n) is 10.3. The van der Waals surface area contributed by atoms with Gasteiger partial charge in [0.05, 0.1) is 5.92 Å². The van der Waals surface area contributed by atoms with E-state index in [4.69, 9.17) is 0 Å². The van der Waals surface area contributed by atoms with Crippen LogP contribution in [0.25, 0.3) is 0 Å². The summed E-state index contributed by atoms with van der Waals surface area (Å²) < 4.78 is 0. The minimum Gasteiger partial charge on any atom is -0.352 e. The third-order valence-electron chi connectivity index (χ3n) is 6.02. The summed E-state index contributed by atoms with van der Waals surface area (Å²) in [6.45, 7) is 5.81. The molecule has 0 radical (unpaired) electrons. The minimum atomic E-state index is 0.0122. The van der Waals surface area contributed by atoms with Crippen LogP contribution in [0.5, 0.6) is 0 Å². The molecule has 3 unspecified atom stereocenters. The fraction of sp³-hybridized carbons (Fsp3) is 0.500. The largest absolute Gasteiger partial charge is 0.352 e. The molecule has 2 aliphatic rings. The highest BCUT2D eigenvalue weighted by Crippen LogP contribution is 2.25. The second-order valence-corrected chi connectivity index (χ2v) is 7.91. The minimum absolute atomic E-state index is 0.0122. The van der Waals surface area contributed by atoms with Crippen LogP contribution in [0.1, 0.15) is 37.8 Å². The number of benzene rings is 1. The Balaban J connectivity index is 1.30. The molecule has 0 aliphatic carbocycles. The first-order valence-corrected chi connectivity index (χ1v) is 10.3. The molecule has 2 aliphatic heterocycles. The second kappa shape index (κ2) is 8.69. The second-order valence-electron chi connectivity index (χ2n) is 7.91. The van der Waals surface area contributed by atoms with Crippen LogP contribution in [0.3, 0.4) is 0 Å². The first-order chi connectivity index (χ1) is 13.7. The fourth-order valence-corrected chi connectivity index (χ4v) is 4.35. The van der Waals surface area contributed by atoms with Gasteiger partial charge in [-0.1, -0.05) is 30.3 Å². The Morgan fingerprint density at radius 2 is 1.86 bits per heavy atom. The van der Waals surface area contributed by atoms with Crippen LogP contribution in [0.15, 0.2) is 48.8 Å². The Morgan fingerprint density at radius 3 is 2.64 bits per heavy atom. The SMILES string of the molecule is CC(c1ccccc1)N1CCC(NC(=O)C2CCCN(c3ncccn3)C2)C1. The van der Waals surface area contributed by atoms with Crippen LogP contribution in [0.4, 0.5) is 5.95 Å². The summed E-state index contributed by atoms with van der Waals surface area (Å²) in [4.78, 5) is 26.1. The molecule has 0 bridgehead atoms. The molecule has 0 spiro atoms. The van der Waals surface area contributed by atoms with Crippen molar-refractivity contribution in [3.63, 3.8) is 0 Å². The van der Waals surface area contributed by atoms with Crippen LogP contribution in [-0.2, 0) is 4.79 Å². The number of nitrogens with one attached hydrogen (secondary N) is 1. The number of aromatic nitrogens is 2. The number of hydrogen-bond acceptors (Lipinski definition) is 5. The summed E-state index contributed by atoms with van der Waals surface area (Å²) in [6.07, 6.45) is 6.46. The van der Waals surface area contributed by atoms with Crippen LogP contribution in [0, 0.1) is 5.92 Å². The third-order valence-corrected chi connectivity index (χ3v) is 6.02. The predicted molar refractivity (Wildman–Crippen MR) is 110 cm³/mol. The zero-order chi connectivity index (χ0) is 19.3. The van der Waals surface area contributed by atoms with Gasteiger partial charge in [0, 0.05) is 50.7 Å². The topological polar surface area (TPSA) is 61.4 Å². The monoisotopic (exact) mass is 379 g/mol. The van der Waals surface area contributed by atoms with Crippen molar-refractivity contribution in [3.8, 4) is 0 Å². The van der Waals surface area contributed by atoms with E-state index in [0.29, 0.717) is 12.6 Å². The Labute approximate surface area is 167 Å². The molecular formula is C22H29N5O. The molecule has 6 nitrogen and oxygen atoms in total. The van der Waals surface area contributed by atoms with Crippen LogP contribution in [-0.4, -0.2) is 53.0 Å². The quantitative estimate of drug-likeness (QED) is 0.865. The van der Waals surface area contributed by atoms with E-state index in [9.17, 15) is 4.79 Å². The number of hydrogen-bond donors (Lipinski definition) is 1. The van der Waals surface area contributed by atoms with Gasteiger partial charge in [0.1, 0.15) is 0 Å². The standard InChI is InChI=1S/C22H29N5O/c1-17(18-7-3-2-4-8-18)26-14-10-20(16-26)25-21(28)19-9-5-13-27(15-19)22-23-11-6-12-24-22/h2-4,6-8,11-12,17,19-20H,5,9-10,13-16H2,1H3,(H,25,28). The predicted octanol–water partition coefficient (Wildman–Crippen LogP) is 2.64. The molecular weight excluding hydrogens is 350 g/mol. The highest BCUT2D eigenvalue weighted by atomic mass is 16.2. The van der Waals surface area contributed by atoms with E-state index < -0.39 is 0 Å². The summed E-state index contributed by atoms with van der Waals surface area (Å²) in [6, 6.07) is 13.0. The number of nitrogens with zero attached hydrogens (tertiary/aromatic N) is 4. The zero-order valence-corrected chi connectivity index (χ0v) is 16.5. The van der Waals surface area contributed by atoms with Crippen LogP contribution >= 0.6 is 0 Å². The van der Waals surface area contributed by atoms with E-state index in [0.717, 1.165) is 44.8 Å². The number of likely N-dealkylation sites (tertiary alicyclic amines) is 1. The van der Waals surface area contributed by atoms with E-state index in [1.54, 1.807) is 12.4 Å². The molecule has 4 rings (SSSR count). The molecule has 148 valence electrons. The van der Waals surface area contributed by atoms with Crippen molar-refractivity contribution in [3.05, 3.63) is 54.4 Å². The average molecular weight is 380 g/mol.